The Morgan fingerprint density at radius 3 is 2.78 bits per heavy atom. The molecule has 4 rings (SSSR count). The summed E-state index contributed by atoms with van der Waals surface area (Å²) in [5.74, 6) is 0.288. The molecule has 0 atom stereocenters. The van der Waals surface area contributed by atoms with Gasteiger partial charge >= 0.3 is 0 Å². The lowest BCUT2D eigenvalue weighted by atomic mass is 10.0. The van der Waals surface area contributed by atoms with Gasteiger partial charge in [-0.3, -0.25) is 9.48 Å². The summed E-state index contributed by atoms with van der Waals surface area (Å²) in [5.41, 5.74) is 9.45. The molecule has 0 bridgehead atoms. The molecule has 0 saturated carbocycles. The summed E-state index contributed by atoms with van der Waals surface area (Å²) >= 11 is 1.10. The number of hydrogen-bond donors (Lipinski definition) is 1. The molecule has 0 aliphatic carbocycles. The van der Waals surface area contributed by atoms with Gasteiger partial charge in [0.25, 0.3) is 5.91 Å². The van der Waals surface area contributed by atoms with E-state index in [2.05, 4.69) is 14.5 Å². The SMILES string of the molecule is CN(C)c1cccc(-c2c(-c3ccc4nn(C)cc4c3)nsc2C(N)=O)n1. The molecule has 8 heteroatoms. The molecule has 0 aliphatic heterocycles. The van der Waals surface area contributed by atoms with Gasteiger partial charge in [-0.25, -0.2) is 4.98 Å². The third-order valence-electron chi connectivity index (χ3n) is 4.26. The first-order valence-corrected chi connectivity index (χ1v) is 9.09. The molecule has 0 unspecified atom stereocenters. The van der Waals surface area contributed by atoms with E-state index in [-0.39, 0.29) is 0 Å². The lowest BCUT2D eigenvalue weighted by Crippen LogP contribution is -2.12. The van der Waals surface area contributed by atoms with Crippen LogP contribution in [-0.2, 0) is 7.05 Å². The van der Waals surface area contributed by atoms with Crippen LogP contribution in [-0.4, -0.2) is 39.1 Å². The highest BCUT2D eigenvalue weighted by Crippen LogP contribution is 2.37. The minimum atomic E-state index is -0.506. The highest BCUT2D eigenvalue weighted by molar-refractivity contribution is 7.09. The van der Waals surface area contributed by atoms with Crippen molar-refractivity contribution in [3.05, 3.63) is 47.5 Å². The van der Waals surface area contributed by atoms with Crippen molar-refractivity contribution in [1.82, 2.24) is 19.1 Å². The highest BCUT2D eigenvalue weighted by atomic mass is 32.1. The molecule has 1 amide bonds. The van der Waals surface area contributed by atoms with E-state index >= 15 is 0 Å². The predicted octanol–water partition coefficient (Wildman–Crippen LogP) is 2.92. The highest BCUT2D eigenvalue weighted by Gasteiger charge is 2.22. The smallest absolute Gasteiger partial charge is 0.261 e. The Morgan fingerprint density at radius 2 is 2.04 bits per heavy atom. The van der Waals surface area contributed by atoms with Crippen molar-refractivity contribution in [3.63, 3.8) is 0 Å². The summed E-state index contributed by atoms with van der Waals surface area (Å²) in [6.07, 6.45) is 1.95. The fraction of sp³-hybridized carbons (Fsp3) is 0.158. The van der Waals surface area contributed by atoms with Gasteiger partial charge in [-0.1, -0.05) is 12.1 Å². The molecule has 7 nitrogen and oxygen atoms in total. The second-order valence-electron chi connectivity index (χ2n) is 6.45. The summed E-state index contributed by atoms with van der Waals surface area (Å²) in [5, 5.41) is 5.40. The number of aromatic nitrogens is 4. The lowest BCUT2D eigenvalue weighted by Gasteiger charge is -2.13. The molecule has 4 aromatic rings. The number of carbonyl (C=O) groups is 1. The van der Waals surface area contributed by atoms with Crippen LogP contribution in [0.25, 0.3) is 33.4 Å². The van der Waals surface area contributed by atoms with Crippen molar-refractivity contribution in [1.29, 1.82) is 0 Å². The minimum Gasteiger partial charge on any atom is -0.365 e. The van der Waals surface area contributed by atoms with Crippen molar-refractivity contribution in [2.45, 2.75) is 0 Å². The Morgan fingerprint density at radius 1 is 1.22 bits per heavy atom. The van der Waals surface area contributed by atoms with Gasteiger partial charge in [-0.2, -0.15) is 9.47 Å². The van der Waals surface area contributed by atoms with Crippen LogP contribution in [0.2, 0.25) is 0 Å². The average Bonchev–Trinajstić information content (AvgIpc) is 3.23. The van der Waals surface area contributed by atoms with Crippen LogP contribution in [0.4, 0.5) is 5.82 Å². The molecule has 0 radical (unpaired) electrons. The quantitative estimate of drug-likeness (QED) is 0.590. The maximum Gasteiger partial charge on any atom is 0.261 e. The average molecular weight is 378 g/mol. The Balaban J connectivity index is 1.93. The van der Waals surface area contributed by atoms with Crippen LogP contribution < -0.4 is 10.6 Å². The predicted molar refractivity (Wildman–Crippen MR) is 108 cm³/mol. The number of nitrogens with two attached hydrogens (primary N) is 1. The van der Waals surface area contributed by atoms with Gasteiger partial charge in [0.05, 0.1) is 22.5 Å². The first-order chi connectivity index (χ1) is 12.9. The van der Waals surface area contributed by atoms with Crippen molar-refractivity contribution in [3.8, 4) is 22.5 Å². The monoisotopic (exact) mass is 378 g/mol. The normalized spacial score (nSPS) is 11.1. The number of amides is 1. The summed E-state index contributed by atoms with van der Waals surface area (Å²) in [7, 11) is 5.73. The standard InChI is InChI=1S/C19H18N6OS/c1-24(2)15-6-4-5-14(21-15)16-17(23-27-18(16)19(20)26)11-7-8-13-12(9-11)10-25(3)22-13/h4-10H,1-3H3,(H2,20,26). The van der Waals surface area contributed by atoms with Gasteiger partial charge in [0.2, 0.25) is 0 Å². The Bertz CT molecular complexity index is 1160. The number of primary amides is 1. The Labute approximate surface area is 160 Å². The molecule has 136 valence electrons. The topological polar surface area (TPSA) is 89.9 Å². The molecule has 2 N–H and O–H groups in total. The van der Waals surface area contributed by atoms with Crippen LogP contribution in [0.5, 0.6) is 0 Å². The first-order valence-electron chi connectivity index (χ1n) is 8.32. The molecule has 0 fully saturated rings. The van der Waals surface area contributed by atoms with Crippen molar-refractivity contribution in [2.75, 3.05) is 19.0 Å². The largest absolute Gasteiger partial charge is 0.365 e. The van der Waals surface area contributed by atoms with Gasteiger partial charge in [-0.05, 0) is 35.8 Å². The molecule has 0 aliphatic rings. The Hall–Kier alpha value is -3.26. The van der Waals surface area contributed by atoms with Crippen molar-refractivity contribution in [2.24, 2.45) is 12.8 Å². The molecular weight excluding hydrogens is 360 g/mol. The fourth-order valence-electron chi connectivity index (χ4n) is 3.00. The third kappa shape index (κ3) is 3.04. The summed E-state index contributed by atoms with van der Waals surface area (Å²) in [6, 6.07) is 11.6. The zero-order valence-corrected chi connectivity index (χ0v) is 16.0. The summed E-state index contributed by atoms with van der Waals surface area (Å²) in [4.78, 5) is 19.0. The van der Waals surface area contributed by atoms with E-state index in [0.29, 0.717) is 21.8 Å². The van der Waals surface area contributed by atoms with E-state index in [4.69, 9.17) is 5.73 Å². The van der Waals surface area contributed by atoms with Crippen LogP contribution in [0.3, 0.4) is 0 Å². The second-order valence-corrected chi connectivity index (χ2v) is 7.22. The van der Waals surface area contributed by atoms with E-state index in [0.717, 1.165) is 33.8 Å². The number of anilines is 1. The number of aryl methyl sites for hydroxylation is 1. The maximum absolute atomic E-state index is 12.0. The van der Waals surface area contributed by atoms with Gasteiger partial charge in [0.1, 0.15) is 10.7 Å². The molecule has 0 spiro atoms. The Kier molecular flexibility index (Phi) is 4.12. The first kappa shape index (κ1) is 17.2. The van der Waals surface area contributed by atoms with E-state index in [1.54, 1.807) is 4.68 Å². The van der Waals surface area contributed by atoms with Crippen LogP contribution in [0.1, 0.15) is 9.67 Å². The number of rotatable bonds is 4. The number of hydrogen-bond acceptors (Lipinski definition) is 6. The minimum absolute atomic E-state index is 0.402. The zero-order valence-electron chi connectivity index (χ0n) is 15.2. The number of fused-ring (bicyclic) bond motifs is 1. The van der Waals surface area contributed by atoms with E-state index in [9.17, 15) is 4.79 Å². The van der Waals surface area contributed by atoms with E-state index in [1.807, 2.05) is 68.6 Å². The lowest BCUT2D eigenvalue weighted by molar-refractivity contribution is 0.100. The van der Waals surface area contributed by atoms with Crippen molar-refractivity contribution < 1.29 is 4.79 Å². The zero-order chi connectivity index (χ0) is 19.1. The van der Waals surface area contributed by atoms with E-state index < -0.39 is 5.91 Å². The summed E-state index contributed by atoms with van der Waals surface area (Å²) < 4.78 is 6.30. The summed E-state index contributed by atoms with van der Waals surface area (Å²) in [6.45, 7) is 0. The molecule has 27 heavy (non-hydrogen) atoms. The molecule has 1 aromatic carbocycles. The van der Waals surface area contributed by atoms with Crippen LogP contribution in [0, 0.1) is 0 Å². The number of nitrogens with zero attached hydrogens (tertiary/aromatic N) is 5. The number of carbonyl (C=O) groups excluding carboxylic acids is 1. The van der Waals surface area contributed by atoms with Gasteiger partial charge in [0.15, 0.2) is 0 Å². The molecule has 0 saturated heterocycles. The van der Waals surface area contributed by atoms with Gasteiger partial charge in [0, 0.05) is 38.3 Å². The third-order valence-corrected chi connectivity index (χ3v) is 5.12. The molecule has 3 heterocycles. The van der Waals surface area contributed by atoms with Gasteiger partial charge in [-0.15, -0.1) is 0 Å². The van der Waals surface area contributed by atoms with Crippen LogP contribution in [0.15, 0.2) is 42.6 Å². The maximum atomic E-state index is 12.0. The van der Waals surface area contributed by atoms with Crippen molar-refractivity contribution >= 4 is 34.2 Å². The number of pyridine rings is 1. The fourth-order valence-corrected chi connectivity index (χ4v) is 3.76. The van der Waals surface area contributed by atoms with Gasteiger partial charge < -0.3 is 10.6 Å². The van der Waals surface area contributed by atoms with Crippen LogP contribution >= 0.6 is 11.5 Å². The second kappa shape index (κ2) is 6.48. The number of benzene rings is 1. The molecule has 3 aromatic heterocycles. The molecular formula is C19H18N6OS. The van der Waals surface area contributed by atoms with E-state index in [1.165, 1.54) is 0 Å².